The zero-order valence-corrected chi connectivity index (χ0v) is 30.3. The zero-order valence-electron chi connectivity index (χ0n) is 30.3. The number of nitrogens with two attached hydrogens (primary N) is 2. The number of phenolic OH excluding ortho intramolecular Hbond substituents is 1. The Morgan fingerprint density at radius 2 is 1.93 bits per heavy atom. The van der Waals surface area contributed by atoms with Crippen LogP contribution in [0.3, 0.4) is 0 Å². The number of ether oxygens (including phenoxy) is 3. The number of allylic oxidation sites excluding steroid dienone is 1. The maximum absolute atomic E-state index is 14.0. The van der Waals surface area contributed by atoms with E-state index in [0.29, 0.717) is 60.2 Å². The number of epoxide rings is 1. The summed E-state index contributed by atoms with van der Waals surface area (Å²) in [5.41, 5.74) is 15.9. The Kier molecular flexibility index (Phi) is 8.78. The first-order valence-corrected chi connectivity index (χ1v) is 18.1. The number of anilines is 2. The molecule has 4 aromatic rings. The molecule has 3 aromatic heterocycles. The monoisotopic (exact) mass is 735 g/mol. The number of aromatic nitrogens is 2. The van der Waals surface area contributed by atoms with Crippen LogP contribution in [0.2, 0.25) is 0 Å². The minimum atomic E-state index is -1.26. The molecule has 0 spiro atoms. The van der Waals surface area contributed by atoms with E-state index in [9.17, 15) is 19.8 Å². The number of rotatable bonds is 11. The molecular weight excluding hydrogens is 692 g/mol. The van der Waals surface area contributed by atoms with Gasteiger partial charge < -0.3 is 40.3 Å². The highest BCUT2D eigenvalue weighted by Crippen LogP contribution is 2.47. The van der Waals surface area contributed by atoms with Crippen molar-refractivity contribution in [1.82, 2.24) is 9.97 Å². The Morgan fingerprint density at radius 3 is 2.72 bits per heavy atom. The molecule has 7 N–H and O–H groups in total. The number of quaternary nitrogens is 1. The van der Waals surface area contributed by atoms with E-state index in [1.54, 1.807) is 39.0 Å². The van der Waals surface area contributed by atoms with Crippen LogP contribution in [0, 0.1) is 6.92 Å². The molecule has 0 bridgehead atoms. The number of aliphatic imine (C=N–C) groups is 1. The summed E-state index contributed by atoms with van der Waals surface area (Å²) < 4.78 is 24.2. The number of aromatic hydroxyl groups is 1. The van der Waals surface area contributed by atoms with Crippen LogP contribution in [0.1, 0.15) is 55.7 Å². The summed E-state index contributed by atoms with van der Waals surface area (Å²) >= 11 is 0. The van der Waals surface area contributed by atoms with Crippen molar-refractivity contribution < 1.29 is 38.5 Å². The van der Waals surface area contributed by atoms with Crippen LogP contribution in [0.4, 0.5) is 11.6 Å². The summed E-state index contributed by atoms with van der Waals surface area (Å²) in [6.07, 6.45) is 6.37. The normalized spacial score (nSPS) is 23.4. The SMILES string of the molecule is Cc1cc(=O)c2c(O)c3c(cc2o1)OC(C)(C)C(OC(=O)C1(CCCO)OC1CCc1cc(N)nc(-c2cc(N)nc(C[NH+]4C=C5N=CC=C5C4)c2)c1)C3. The van der Waals surface area contributed by atoms with Gasteiger partial charge in [0.15, 0.2) is 11.0 Å². The molecule has 8 rings (SSSR count). The maximum atomic E-state index is 14.0. The molecule has 0 radical (unpaired) electrons. The van der Waals surface area contributed by atoms with Crippen molar-refractivity contribution >= 4 is 34.8 Å². The summed E-state index contributed by atoms with van der Waals surface area (Å²) in [6.45, 7) is 6.59. The number of fused-ring (bicyclic) bond motifs is 3. The van der Waals surface area contributed by atoms with Gasteiger partial charge >= 0.3 is 5.97 Å². The summed E-state index contributed by atoms with van der Waals surface area (Å²) in [5, 5.41) is 20.9. The molecule has 54 heavy (non-hydrogen) atoms. The molecule has 0 saturated carbocycles. The van der Waals surface area contributed by atoms with Crippen molar-refractivity contribution in [3.63, 3.8) is 0 Å². The first-order chi connectivity index (χ1) is 25.8. The molecule has 7 heterocycles. The lowest BCUT2D eigenvalue weighted by molar-refractivity contribution is -0.852. The molecule has 0 aliphatic carbocycles. The smallest absolute Gasteiger partial charge is 0.341 e. The Bertz CT molecular complexity index is 2350. The van der Waals surface area contributed by atoms with E-state index in [2.05, 4.69) is 21.2 Å². The average Bonchev–Trinajstić information content (AvgIpc) is 3.42. The van der Waals surface area contributed by atoms with Crippen LogP contribution in [0.5, 0.6) is 11.5 Å². The van der Waals surface area contributed by atoms with Crippen LogP contribution in [0.25, 0.3) is 22.2 Å². The number of hydrogen-bond acceptors (Lipinski definition) is 13. The number of nitrogens with zero attached hydrogens (tertiary/aromatic N) is 3. The van der Waals surface area contributed by atoms with Crippen molar-refractivity contribution in [3.05, 3.63) is 92.7 Å². The minimum absolute atomic E-state index is 0.0435. The van der Waals surface area contributed by atoms with Gasteiger partial charge in [0, 0.05) is 48.1 Å². The van der Waals surface area contributed by atoms with Gasteiger partial charge in [-0.3, -0.25) is 14.7 Å². The highest BCUT2D eigenvalue weighted by Gasteiger charge is 2.63. The number of esters is 1. The molecular formula is C40H43N6O8+. The third-order valence-electron chi connectivity index (χ3n) is 10.6. The van der Waals surface area contributed by atoms with Gasteiger partial charge in [-0.15, -0.1) is 0 Å². The molecule has 4 aliphatic rings. The number of carbonyl (C=O) groups is 1. The molecule has 14 nitrogen and oxygen atoms in total. The van der Waals surface area contributed by atoms with Gasteiger partial charge in [0.05, 0.1) is 17.5 Å². The van der Waals surface area contributed by atoms with Crippen LogP contribution in [-0.4, -0.2) is 68.9 Å². The lowest BCUT2D eigenvalue weighted by atomic mass is 9.89. The quantitative estimate of drug-likeness (QED) is 0.111. The second-order valence-corrected chi connectivity index (χ2v) is 15.0. The second-order valence-electron chi connectivity index (χ2n) is 15.0. The highest BCUT2D eigenvalue weighted by atomic mass is 16.7. The van der Waals surface area contributed by atoms with Gasteiger partial charge in [-0.05, 0) is 82.4 Å². The fourth-order valence-corrected chi connectivity index (χ4v) is 7.82. The topological polar surface area (TPSA) is 213 Å². The van der Waals surface area contributed by atoms with Gasteiger partial charge in [-0.1, -0.05) is 0 Å². The van der Waals surface area contributed by atoms with Crippen LogP contribution >= 0.6 is 0 Å². The van der Waals surface area contributed by atoms with Crippen molar-refractivity contribution in [3.8, 4) is 22.8 Å². The minimum Gasteiger partial charge on any atom is -0.507 e. The summed E-state index contributed by atoms with van der Waals surface area (Å²) in [7, 11) is 0. The standard InChI is InChI=1S/C40H42N6O8/c1-21-11-29(48)36-31(51-21)17-30-26(37(36)49)16-33(39(2,3)53-30)52-38(50)40(8-4-10-47)32(54-40)6-5-22-12-27(45-34(41)13-22)24-14-25(44-35(42)15-24)19-46-18-23-7-9-43-28(23)20-46/h7,9,11-15,17,20,32-33,47,49H,4-6,8,10,16,18-19H2,1-3H3,(H2,41,45)(H2,42,44)/p+1. The van der Waals surface area contributed by atoms with E-state index in [1.165, 1.54) is 16.5 Å². The number of nitrogen functional groups attached to an aromatic ring is 2. The molecule has 4 atom stereocenters. The highest BCUT2D eigenvalue weighted by molar-refractivity contribution is 5.87. The second kappa shape index (κ2) is 13.4. The molecule has 1 fully saturated rings. The number of benzene rings is 1. The fraction of sp³-hybridized carbons (Fsp3) is 0.375. The predicted octanol–water partition coefficient (Wildman–Crippen LogP) is 2.85. The van der Waals surface area contributed by atoms with E-state index in [0.717, 1.165) is 29.1 Å². The van der Waals surface area contributed by atoms with Crippen LogP contribution in [0.15, 0.2) is 74.1 Å². The van der Waals surface area contributed by atoms with Gasteiger partial charge in [-0.25, -0.2) is 14.8 Å². The maximum Gasteiger partial charge on any atom is 0.341 e. The third kappa shape index (κ3) is 6.61. The van der Waals surface area contributed by atoms with E-state index < -0.39 is 29.4 Å². The number of phenols is 1. The number of aliphatic hydroxyl groups is 1. The van der Waals surface area contributed by atoms with Gasteiger partial charge in [0.25, 0.3) is 0 Å². The van der Waals surface area contributed by atoms with E-state index in [-0.39, 0.29) is 41.6 Å². The van der Waals surface area contributed by atoms with Crippen LogP contribution in [-0.2, 0) is 33.7 Å². The van der Waals surface area contributed by atoms with Crippen molar-refractivity contribution in [2.45, 2.75) is 82.8 Å². The predicted molar refractivity (Wildman–Crippen MR) is 200 cm³/mol. The number of carbonyl (C=O) groups excluding carboxylic acids is 1. The summed E-state index contributed by atoms with van der Waals surface area (Å²) in [6, 6.07) is 10.4. The van der Waals surface area contributed by atoms with Gasteiger partial charge in [-0.2, -0.15) is 0 Å². The van der Waals surface area contributed by atoms with E-state index >= 15 is 0 Å². The molecule has 0 amide bonds. The molecule has 4 aliphatic heterocycles. The molecule has 14 heteroatoms. The first kappa shape index (κ1) is 35.5. The van der Waals surface area contributed by atoms with Gasteiger partial charge in [0.1, 0.15) is 76.6 Å². The number of nitrogens with one attached hydrogen (secondary N) is 1. The van der Waals surface area contributed by atoms with E-state index in [1.807, 2.05) is 24.4 Å². The third-order valence-corrected chi connectivity index (χ3v) is 10.6. The Balaban J connectivity index is 0.970. The molecule has 1 aromatic carbocycles. The van der Waals surface area contributed by atoms with Gasteiger partial charge in [0.2, 0.25) is 0 Å². The Labute approximate surface area is 310 Å². The summed E-state index contributed by atoms with van der Waals surface area (Å²) in [4.78, 5) is 41.5. The van der Waals surface area contributed by atoms with Crippen molar-refractivity contribution in [1.29, 1.82) is 0 Å². The molecule has 1 saturated heterocycles. The lowest BCUT2D eigenvalue weighted by Gasteiger charge is -2.39. The van der Waals surface area contributed by atoms with Crippen molar-refractivity contribution in [2.24, 2.45) is 4.99 Å². The number of pyridine rings is 2. The average molecular weight is 736 g/mol. The van der Waals surface area contributed by atoms with E-state index in [4.69, 9.17) is 30.1 Å². The Hall–Kier alpha value is -5.57. The zero-order chi connectivity index (χ0) is 37.9. The lowest BCUT2D eigenvalue weighted by Crippen LogP contribution is -3.04. The fourth-order valence-electron chi connectivity index (χ4n) is 7.82. The summed E-state index contributed by atoms with van der Waals surface area (Å²) in [5.74, 6) is 0.659. The molecule has 280 valence electrons. The first-order valence-electron chi connectivity index (χ1n) is 18.1. The number of aryl methyl sites for hydroxylation is 2. The largest absolute Gasteiger partial charge is 0.507 e. The Morgan fingerprint density at radius 1 is 1.11 bits per heavy atom. The molecule has 4 unspecified atom stereocenters. The van der Waals surface area contributed by atoms with Crippen molar-refractivity contribution in [2.75, 3.05) is 24.6 Å². The van der Waals surface area contributed by atoms with Crippen LogP contribution < -0.4 is 26.5 Å². The number of hydrogen-bond donors (Lipinski definition) is 5. The number of aliphatic hydroxyl groups excluding tert-OH is 1.